The molecule has 3 N–H and O–H groups in total. The normalized spacial score (nSPS) is 16.6. The minimum atomic E-state index is -0.0399. The number of nitrogens with zero attached hydrogens (tertiary/aromatic N) is 6. The summed E-state index contributed by atoms with van der Waals surface area (Å²) < 4.78 is 8.42. The third kappa shape index (κ3) is 4.25. The van der Waals surface area contributed by atoms with Crippen molar-refractivity contribution in [2.75, 3.05) is 6.54 Å². The summed E-state index contributed by atoms with van der Waals surface area (Å²) in [6.07, 6.45) is 8.31. The summed E-state index contributed by atoms with van der Waals surface area (Å²) in [5.41, 5.74) is 5.33. The molecule has 1 unspecified atom stereocenters. The number of aryl methyl sites for hydroxylation is 2. The minimum absolute atomic E-state index is 0.0399. The second kappa shape index (κ2) is 9.52. The highest BCUT2D eigenvalue weighted by atomic mass is 16.5. The zero-order chi connectivity index (χ0) is 22.7. The maximum Gasteiger partial charge on any atom is 0.245 e. The Balaban J connectivity index is 1.67. The predicted octanol–water partition coefficient (Wildman–Crippen LogP) is 2.81. The number of rotatable bonds is 8. The minimum Gasteiger partial charge on any atom is -0.472 e. The highest BCUT2D eigenvalue weighted by Crippen LogP contribution is 2.31. The van der Waals surface area contributed by atoms with E-state index in [1.165, 1.54) is 12.0 Å². The molecule has 3 aromatic heterocycles. The smallest absolute Gasteiger partial charge is 0.245 e. The van der Waals surface area contributed by atoms with E-state index in [0.29, 0.717) is 23.7 Å². The number of imidazole rings is 1. The summed E-state index contributed by atoms with van der Waals surface area (Å²) in [4.78, 5) is 22.4. The molecule has 1 aliphatic rings. The number of nitrogens with one attached hydrogen (secondary N) is 1. The second-order valence-corrected chi connectivity index (χ2v) is 7.98. The Bertz CT molecular complexity index is 1150. The van der Waals surface area contributed by atoms with Gasteiger partial charge in [-0.25, -0.2) is 19.9 Å². The molecule has 0 aromatic carbocycles. The van der Waals surface area contributed by atoms with Crippen LogP contribution in [0.15, 0.2) is 30.0 Å². The number of ether oxygens (including phenoxy) is 1. The van der Waals surface area contributed by atoms with Crippen molar-refractivity contribution < 1.29 is 10.1 Å². The number of aromatic nitrogens is 6. The van der Waals surface area contributed by atoms with E-state index < -0.39 is 0 Å². The molecule has 3 aromatic rings. The summed E-state index contributed by atoms with van der Waals surface area (Å²) in [5.74, 6) is 1.96. The van der Waals surface area contributed by atoms with Crippen LogP contribution in [0.5, 0.6) is 5.88 Å². The maximum absolute atomic E-state index is 8.42. The Labute approximate surface area is 187 Å². The van der Waals surface area contributed by atoms with Crippen molar-refractivity contribution in [1.29, 1.82) is 5.41 Å². The van der Waals surface area contributed by atoms with Crippen molar-refractivity contribution >= 4 is 16.9 Å². The maximum atomic E-state index is 8.42. The Hall–Kier alpha value is -3.20. The van der Waals surface area contributed by atoms with Crippen LogP contribution in [-0.2, 0) is 6.54 Å². The van der Waals surface area contributed by atoms with Crippen LogP contribution < -0.4 is 10.1 Å². The Morgan fingerprint density at radius 3 is 2.66 bits per heavy atom. The molecule has 0 fully saturated rings. The van der Waals surface area contributed by atoms with Gasteiger partial charge in [0.25, 0.3) is 0 Å². The number of quaternary nitrogens is 1. The molecule has 0 saturated heterocycles. The van der Waals surface area contributed by atoms with Gasteiger partial charge in [-0.3, -0.25) is 0 Å². The zero-order valence-corrected chi connectivity index (χ0v) is 19.2. The molecule has 3 heterocycles. The van der Waals surface area contributed by atoms with Crippen molar-refractivity contribution in [2.45, 2.75) is 66.0 Å². The lowest BCUT2D eigenvalue weighted by Crippen LogP contribution is -2.82. The van der Waals surface area contributed by atoms with Gasteiger partial charge in [-0.05, 0) is 33.6 Å². The standard InChI is InChI=1S/C23H30N8O/c1-5-18(24)17-10-16(8-9-19(17)25-6-2)32-23-20-22(28-13-29-23)31(7-3)21(30-20)15-11-26-14(4)27-12-15/h11-13,16,24-25H,5-10H2,1-4H3/p+1. The third-order valence-electron chi connectivity index (χ3n) is 5.86. The highest BCUT2D eigenvalue weighted by molar-refractivity contribution is 5.98. The van der Waals surface area contributed by atoms with Crippen molar-refractivity contribution in [3.8, 4) is 17.3 Å². The molecule has 168 valence electrons. The monoisotopic (exact) mass is 435 g/mol. The van der Waals surface area contributed by atoms with Crippen LogP contribution in [0.1, 0.15) is 52.3 Å². The lowest BCUT2D eigenvalue weighted by Gasteiger charge is -2.26. The quantitative estimate of drug-likeness (QED) is 0.525. The van der Waals surface area contributed by atoms with E-state index in [2.05, 4.69) is 39.1 Å². The molecule has 9 nitrogen and oxygen atoms in total. The van der Waals surface area contributed by atoms with E-state index >= 15 is 0 Å². The van der Waals surface area contributed by atoms with Gasteiger partial charge in [0.1, 0.15) is 29.8 Å². The van der Waals surface area contributed by atoms with Gasteiger partial charge in [0, 0.05) is 43.1 Å². The molecule has 0 radical (unpaired) electrons. The fourth-order valence-electron chi connectivity index (χ4n) is 4.22. The summed E-state index contributed by atoms with van der Waals surface area (Å²) in [6, 6.07) is 0. The van der Waals surface area contributed by atoms with Crippen LogP contribution in [0.3, 0.4) is 0 Å². The molecule has 1 atom stereocenters. The van der Waals surface area contributed by atoms with Gasteiger partial charge in [0.2, 0.25) is 5.88 Å². The van der Waals surface area contributed by atoms with Crippen LogP contribution in [0, 0.1) is 12.3 Å². The fraction of sp³-hybridized carbons (Fsp3) is 0.478. The van der Waals surface area contributed by atoms with Gasteiger partial charge in [0.15, 0.2) is 11.2 Å². The number of hydrogen-bond acceptors (Lipinski definition) is 7. The Morgan fingerprint density at radius 2 is 1.97 bits per heavy atom. The van der Waals surface area contributed by atoms with Gasteiger partial charge in [-0.2, -0.15) is 4.98 Å². The van der Waals surface area contributed by atoms with Gasteiger partial charge in [-0.15, -0.1) is 0 Å². The van der Waals surface area contributed by atoms with Crippen LogP contribution in [-0.4, -0.2) is 47.8 Å². The largest absolute Gasteiger partial charge is 0.472 e. The lowest BCUT2D eigenvalue weighted by atomic mass is 9.89. The molecule has 0 bridgehead atoms. The first-order valence-corrected chi connectivity index (χ1v) is 11.4. The molecule has 1 aliphatic carbocycles. The SMILES string of the molecule is CC[NH2+]C1=C(C(=N)CC)CC(Oc2ncnc3c2nc(-c2cnc(C)nc2)n3CC)CC1. The van der Waals surface area contributed by atoms with E-state index in [4.69, 9.17) is 15.1 Å². The highest BCUT2D eigenvalue weighted by Gasteiger charge is 2.28. The number of nitrogens with two attached hydrogens (primary N) is 1. The zero-order valence-electron chi connectivity index (χ0n) is 19.2. The summed E-state index contributed by atoms with van der Waals surface area (Å²) in [6.45, 7) is 9.78. The first-order valence-electron chi connectivity index (χ1n) is 11.4. The molecule has 0 spiro atoms. The topological polar surface area (TPSA) is 119 Å². The third-order valence-corrected chi connectivity index (χ3v) is 5.86. The summed E-state index contributed by atoms with van der Waals surface area (Å²) >= 11 is 0. The first-order chi connectivity index (χ1) is 15.5. The van der Waals surface area contributed by atoms with E-state index in [1.54, 1.807) is 12.4 Å². The molecule has 4 rings (SSSR count). The van der Waals surface area contributed by atoms with Crippen molar-refractivity contribution in [1.82, 2.24) is 29.5 Å². The Kier molecular flexibility index (Phi) is 6.55. The van der Waals surface area contributed by atoms with Gasteiger partial charge in [0.05, 0.1) is 12.1 Å². The van der Waals surface area contributed by atoms with E-state index in [9.17, 15) is 0 Å². The average molecular weight is 436 g/mol. The van der Waals surface area contributed by atoms with Crippen LogP contribution in [0.4, 0.5) is 0 Å². The molecule has 9 heteroatoms. The van der Waals surface area contributed by atoms with Gasteiger partial charge >= 0.3 is 0 Å². The second-order valence-electron chi connectivity index (χ2n) is 7.98. The first kappa shape index (κ1) is 22.0. The molecule has 32 heavy (non-hydrogen) atoms. The molecular formula is C23H31N8O+. The Morgan fingerprint density at radius 1 is 1.19 bits per heavy atom. The van der Waals surface area contributed by atoms with E-state index in [1.807, 2.05) is 18.4 Å². The van der Waals surface area contributed by atoms with Crippen LogP contribution >= 0.6 is 0 Å². The van der Waals surface area contributed by atoms with Gasteiger partial charge in [-0.1, -0.05) is 6.92 Å². The van der Waals surface area contributed by atoms with Crippen molar-refractivity contribution in [3.63, 3.8) is 0 Å². The van der Waals surface area contributed by atoms with Crippen LogP contribution in [0.2, 0.25) is 0 Å². The van der Waals surface area contributed by atoms with Crippen LogP contribution in [0.25, 0.3) is 22.6 Å². The lowest BCUT2D eigenvalue weighted by molar-refractivity contribution is -0.606. The number of allylic oxidation sites excluding steroid dienone is 1. The molecular weight excluding hydrogens is 404 g/mol. The number of fused-ring (bicyclic) bond motifs is 1. The summed E-state index contributed by atoms with van der Waals surface area (Å²) in [7, 11) is 0. The molecule has 0 aliphatic heterocycles. The van der Waals surface area contributed by atoms with Gasteiger partial charge < -0.3 is 20.0 Å². The fourth-order valence-corrected chi connectivity index (χ4v) is 4.22. The average Bonchev–Trinajstić information content (AvgIpc) is 3.20. The van der Waals surface area contributed by atoms with Crippen molar-refractivity contribution in [2.24, 2.45) is 0 Å². The van der Waals surface area contributed by atoms with Crippen molar-refractivity contribution in [3.05, 3.63) is 35.8 Å². The van der Waals surface area contributed by atoms with E-state index in [-0.39, 0.29) is 6.10 Å². The summed E-state index contributed by atoms with van der Waals surface area (Å²) in [5, 5.41) is 10.7. The number of hydrogen-bond donors (Lipinski definition) is 2. The predicted molar refractivity (Wildman–Crippen MR) is 123 cm³/mol. The molecule has 0 amide bonds. The van der Waals surface area contributed by atoms with E-state index in [0.717, 1.165) is 60.7 Å². The molecule has 0 saturated carbocycles.